The molecule has 0 saturated carbocycles. The van der Waals surface area contributed by atoms with Crippen LogP contribution in [0.5, 0.6) is 11.5 Å². The van der Waals surface area contributed by atoms with Crippen molar-refractivity contribution < 1.29 is 9.47 Å². The van der Waals surface area contributed by atoms with Crippen LogP contribution in [0.25, 0.3) is 0 Å². The van der Waals surface area contributed by atoms with Gasteiger partial charge >= 0.3 is 0 Å². The van der Waals surface area contributed by atoms with E-state index in [4.69, 9.17) is 32.7 Å². The Balaban J connectivity index is 2.32. The van der Waals surface area contributed by atoms with Crippen molar-refractivity contribution in [2.24, 2.45) is 0 Å². The van der Waals surface area contributed by atoms with E-state index in [2.05, 4.69) is 20.3 Å². The fourth-order valence-electron chi connectivity index (χ4n) is 1.65. The molecule has 0 saturated heterocycles. The molecule has 8 heteroatoms. The van der Waals surface area contributed by atoms with Gasteiger partial charge in [0.05, 0.1) is 18.9 Å². The molecule has 21 heavy (non-hydrogen) atoms. The minimum Gasteiger partial charge on any atom is -0.494 e. The van der Waals surface area contributed by atoms with Crippen LogP contribution >= 0.6 is 23.2 Å². The van der Waals surface area contributed by atoms with E-state index in [-0.39, 0.29) is 16.5 Å². The lowest BCUT2D eigenvalue weighted by Gasteiger charge is -2.13. The van der Waals surface area contributed by atoms with Gasteiger partial charge in [-0.3, -0.25) is 0 Å². The predicted octanol–water partition coefficient (Wildman–Crippen LogP) is 3.72. The Labute approximate surface area is 132 Å². The third-order valence-corrected chi connectivity index (χ3v) is 2.73. The van der Waals surface area contributed by atoms with E-state index in [1.54, 1.807) is 12.1 Å². The van der Waals surface area contributed by atoms with E-state index in [0.29, 0.717) is 30.4 Å². The highest BCUT2D eigenvalue weighted by Crippen LogP contribution is 2.31. The molecule has 2 aromatic rings. The summed E-state index contributed by atoms with van der Waals surface area (Å²) in [7, 11) is 0. The van der Waals surface area contributed by atoms with Crippen LogP contribution in [0.1, 0.15) is 13.8 Å². The average Bonchev–Trinajstić information content (AvgIpc) is 2.41. The maximum atomic E-state index is 5.76. The van der Waals surface area contributed by atoms with Gasteiger partial charge < -0.3 is 14.8 Å². The van der Waals surface area contributed by atoms with E-state index >= 15 is 0 Å². The molecule has 112 valence electrons. The average molecular weight is 329 g/mol. The summed E-state index contributed by atoms with van der Waals surface area (Å²) < 4.78 is 11.0. The van der Waals surface area contributed by atoms with Gasteiger partial charge in [-0.1, -0.05) is 0 Å². The van der Waals surface area contributed by atoms with Crippen LogP contribution in [-0.4, -0.2) is 28.2 Å². The molecule has 2 rings (SSSR count). The molecule has 0 aliphatic heterocycles. The quantitative estimate of drug-likeness (QED) is 0.871. The Morgan fingerprint density at radius 2 is 1.67 bits per heavy atom. The van der Waals surface area contributed by atoms with Gasteiger partial charge in [-0.2, -0.15) is 15.0 Å². The van der Waals surface area contributed by atoms with Gasteiger partial charge in [-0.15, -0.1) is 0 Å². The summed E-state index contributed by atoms with van der Waals surface area (Å²) in [6.45, 7) is 4.91. The summed E-state index contributed by atoms with van der Waals surface area (Å²) in [6, 6.07) is 5.42. The van der Waals surface area contributed by atoms with Crippen molar-refractivity contribution in [1.29, 1.82) is 0 Å². The van der Waals surface area contributed by atoms with Crippen LogP contribution in [0.3, 0.4) is 0 Å². The molecule has 0 unspecified atom stereocenters. The zero-order chi connectivity index (χ0) is 15.2. The summed E-state index contributed by atoms with van der Waals surface area (Å²) in [4.78, 5) is 11.6. The molecular weight excluding hydrogens is 315 g/mol. The highest BCUT2D eigenvalue weighted by atomic mass is 35.5. The van der Waals surface area contributed by atoms with Crippen LogP contribution in [0, 0.1) is 0 Å². The van der Waals surface area contributed by atoms with E-state index < -0.39 is 0 Å². The number of aromatic nitrogens is 3. The Bertz CT molecular complexity index is 605. The first kappa shape index (κ1) is 15.6. The first-order valence-corrected chi connectivity index (χ1v) is 7.11. The fraction of sp³-hybridized carbons (Fsp3) is 0.308. The highest BCUT2D eigenvalue weighted by Gasteiger charge is 2.09. The van der Waals surface area contributed by atoms with Gasteiger partial charge in [0.15, 0.2) is 0 Å². The van der Waals surface area contributed by atoms with Gasteiger partial charge in [-0.25, -0.2) is 0 Å². The van der Waals surface area contributed by atoms with Crippen molar-refractivity contribution in [1.82, 2.24) is 15.0 Å². The van der Waals surface area contributed by atoms with Crippen molar-refractivity contribution in [3.63, 3.8) is 0 Å². The van der Waals surface area contributed by atoms with Crippen molar-refractivity contribution >= 4 is 34.8 Å². The van der Waals surface area contributed by atoms with Crippen LogP contribution < -0.4 is 14.8 Å². The molecule has 0 fully saturated rings. The molecular formula is C13H14Cl2N4O2. The summed E-state index contributed by atoms with van der Waals surface area (Å²) in [6.07, 6.45) is 0. The van der Waals surface area contributed by atoms with E-state index in [1.807, 2.05) is 19.9 Å². The molecule has 1 N–H and O–H groups in total. The third-order valence-electron chi connectivity index (χ3n) is 2.39. The topological polar surface area (TPSA) is 69.2 Å². The lowest BCUT2D eigenvalue weighted by Crippen LogP contribution is -2.03. The Morgan fingerprint density at radius 1 is 1.00 bits per heavy atom. The second-order valence-corrected chi connectivity index (χ2v) is 4.52. The van der Waals surface area contributed by atoms with Crippen molar-refractivity contribution in [2.75, 3.05) is 18.5 Å². The lowest BCUT2D eigenvalue weighted by molar-refractivity contribution is 0.332. The predicted molar refractivity (Wildman–Crippen MR) is 81.9 cm³/mol. The molecule has 0 aliphatic rings. The summed E-state index contributed by atoms with van der Waals surface area (Å²) in [5, 5.41) is 3.02. The smallest absolute Gasteiger partial charge is 0.232 e. The van der Waals surface area contributed by atoms with E-state index in [0.717, 1.165) is 0 Å². The standard InChI is InChI=1S/C13H14Cl2N4O2/c1-3-20-8-5-6-10(21-4-2)9(7-8)16-13-18-11(14)17-12(15)19-13/h5-7H,3-4H2,1-2H3,(H,16,17,18,19). The SMILES string of the molecule is CCOc1ccc(OCC)c(Nc2nc(Cl)nc(Cl)n2)c1. The number of halogens is 2. The number of nitrogens with zero attached hydrogens (tertiary/aromatic N) is 3. The number of ether oxygens (including phenoxy) is 2. The van der Waals surface area contributed by atoms with Crippen LogP contribution in [0.15, 0.2) is 18.2 Å². The first-order chi connectivity index (χ1) is 10.1. The monoisotopic (exact) mass is 328 g/mol. The highest BCUT2D eigenvalue weighted by molar-refractivity contribution is 6.31. The van der Waals surface area contributed by atoms with Crippen molar-refractivity contribution in [3.8, 4) is 11.5 Å². The Morgan fingerprint density at radius 3 is 2.29 bits per heavy atom. The molecule has 0 atom stereocenters. The second-order valence-electron chi connectivity index (χ2n) is 3.85. The summed E-state index contributed by atoms with van der Waals surface area (Å²) in [5.74, 6) is 1.58. The largest absolute Gasteiger partial charge is 0.494 e. The number of hydrogen-bond donors (Lipinski definition) is 1. The number of hydrogen-bond acceptors (Lipinski definition) is 6. The molecule has 1 aromatic heterocycles. The normalized spacial score (nSPS) is 10.3. The maximum Gasteiger partial charge on any atom is 0.232 e. The van der Waals surface area contributed by atoms with Gasteiger partial charge in [0.2, 0.25) is 16.5 Å². The van der Waals surface area contributed by atoms with Crippen LogP contribution in [0.4, 0.5) is 11.6 Å². The van der Waals surface area contributed by atoms with Gasteiger partial charge in [0, 0.05) is 6.07 Å². The summed E-state index contributed by atoms with van der Waals surface area (Å²) >= 11 is 11.5. The minimum atomic E-state index is 0.0106. The Kier molecular flexibility index (Phi) is 5.41. The molecule has 6 nitrogen and oxygen atoms in total. The van der Waals surface area contributed by atoms with Gasteiger partial charge in [0.25, 0.3) is 0 Å². The molecule has 0 amide bonds. The minimum absolute atomic E-state index is 0.0106. The second kappa shape index (κ2) is 7.28. The molecule has 0 spiro atoms. The van der Waals surface area contributed by atoms with Crippen LogP contribution in [0.2, 0.25) is 10.6 Å². The van der Waals surface area contributed by atoms with E-state index in [9.17, 15) is 0 Å². The van der Waals surface area contributed by atoms with Crippen LogP contribution in [-0.2, 0) is 0 Å². The molecule has 1 heterocycles. The molecule has 0 radical (unpaired) electrons. The van der Waals surface area contributed by atoms with E-state index in [1.165, 1.54) is 0 Å². The zero-order valence-electron chi connectivity index (χ0n) is 11.6. The lowest BCUT2D eigenvalue weighted by atomic mass is 10.2. The van der Waals surface area contributed by atoms with Crippen molar-refractivity contribution in [2.45, 2.75) is 13.8 Å². The molecule has 1 aromatic carbocycles. The molecule has 0 aliphatic carbocycles. The van der Waals surface area contributed by atoms with Crippen molar-refractivity contribution in [3.05, 3.63) is 28.8 Å². The Hall–Kier alpha value is -1.79. The first-order valence-electron chi connectivity index (χ1n) is 6.36. The number of rotatable bonds is 6. The zero-order valence-corrected chi connectivity index (χ0v) is 13.1. The fourth-order valence-corrected chi connectivity index (χ4v) is 2.01. The van der Waals surface area contributed by atoms with Gasteiger partial charge in [0.1, 0.15) is 11.5 Å². The van der Waals surface area contributed by atoms with Gasteiger partial charge in [-0.05, 0) is 49.2 Å². The summed E-state index contributed by atoms with van der Waals surface area (Å²) in [5.41, 5.74) is 0.654. The number of benzene rings is 1. The third kappa shape index (κ3) is 4.34. The number of nitrogens with one attached hydrogen (secondary N) is 1. The number of anilines is 2. The molecule has 0 bridgehead atoms. The maximum absolute atomic E-state index is 5.76.